The van der Waals surface area contributed by atoms with Crippen LogP contribution < -0.4 is 14.1 Å². The maximum Gasteiger partial charge on any atom is 2.00 e. The average molecular weight is 274 g/mol. The van der Waals surface area contributed by atoms with E-state index in [1.165, 1.54) is 0 Å². The van der Waals surface area contributed by atoms with E-state index in [4.69, 9.17) is 0 Å². The van der Waals surface area contributed by atoms with E-state index in [1.54, 1.807) is 0 Å². The van der Waals surface area contributed by atoms with Gasteiger partial charge in [-0.2, -0.15) is 0 Å². The Labute approximate surface area is 78.6 Å². The first kappa shape index (κ1) is 68.8. The summed E-state index contributed by atoms with van der Waals surface area (Å²) in [5.74, 6) is 0. The summed E-state index contributed by atoms with van der Waals surface area (Å²) in [5.41, 5.74) is 0. The Hall–Kier alpha value is 1.84. The van der Waals surface area contributed by atoms with E-state index in [1.807, 2.05) is 0 Å². The molecule has 0 unspecified atom stereocenters. The minimum Gasteiger partial charge on any atom is -1.00 e. The molecule has 30 valence electrons. The Morgan fingerprint density at radius 1 is 0.600 bits per heavy atom. The van der Waals surface area contributed by atoms with Crippen LogP contribution in [0.2, 0.25) is 0 Å². The molecule has 0 saturated heterocycles. The Morgan fingerprint density at radius 3 is 0.600 bits per heavy atom. The molecule has 0 spiro atoms. The first-order chi connectivity index (χ1) is 0. The van der Waals surface area contributed by atoms with E-state index in [-0.39, 0.29) is 80.0 Å². The molecule has 2 radical (unpaired) electrons. The summed E-state index contributed by atoms with van der Waals surface area (Å²) >= 11 is 0. The first-order valence-corrected chi connectivity index (χ1v) is 0. The zero-order valence-corrected chi connectivity index (χ0v) is 8.25. The molecule has 0 heterocycles. The van der Waals surface area contributed by atoms with Gasteiger partial charge in [0.15, 0.2) is 0 Å². The van der Waals surface area contributed by atoms with Gasteiger partial charge in [0.1, 0.15) is 0 Å². The standard InChI is InChI=1S/Ba.Br.3FH/h;;3*1H/q+2;+1;;;/p-3. The van der Waals surface area contributed by atoms with Crippen molar-refractivity contribution < 1.29 is 31.1 Å². The molecule has 5 heteroatoms. The summed E-state index contributed by atoms with van der Waals surface area (Å²) in [5, 5.41) is 0. The SMILES string of the molecule is [Ba+2].[Br+].[F-].[F-].[F-]. The van der Waals surface area contributed by atoms with Crippen LogP contribution in [0, 0.1) is 17.0 Å². The predicted octanol–water partition coefficient (Wildman–Crippen LogP) is -9.37. The van der Waals surface area contributed by atoms with Gasteiger partial charge < -0.3 is 14.1 Å². The fourth-order valence-electron chi connectivity index (χ4n) is 0. The van der Waals surface area contributed by atoms with Gasteiger partial charge in [-0.25, -0.2) is 0 Å². The molecule has 0 atom stereocenters. The Bertz CT molecular complexity index is 6.85. The van der Waals surface area contributed by atoms with Crippen LogP contribution in [-0.2, 0) is 0 Å². The largest absolute Gasteiger partial charge is 2.00 e. The van der Waals surface area contributed by atoms with Crippen LogP contribution in [0.1, 0.15) is 0 Å². The second-order valence-electron chi connectivity index (χ2n) is 0. The summed E-state index contributed by atoms with van der Waals surface area (Å²) in [6.45, 7) is 0. The topological polar surface area (TPSA) is 0 Å². The van der Waals surface area contributed by atoms with Crippen molar-refractivity contribution in [2.24, 2.45) is 0 Å². The zero-order chi connectivity index (χ0) is 0. The molecule has 0 rings (SSSR count). The predicted molar refractivity (Wildman–Crippen MR) is 5.75 cm³/mol. The van der Waals surface area contributed by atoms with Gasteiger partial charge in [0.25, 0.3) is 0 Å². The van der Waals surface area contributed by atoms with Crippen LogP contribution in [0.4, 0.5) is 0 Å². The number of hydrogen-bond acceptors (Lipinski definition) is 0. The maximum absolute atomic E-state index is 0. The van der Waals surface area contributed by atoms with Crippen LogP contribution in [0.25, 0.3) is 0 Å². The van der Waals surface area contributed by atoms with Crippen molar-refractivity contribution in [3.63, 3.8) is 0 Å². The van der Waals surface area contributed by atoms with E-state index in [0.29, 0.717) is 0 Å². The van der Waals surface area contributed by atoms with Crippen LogP contribution >= 0.6 is 0 Å². The maximum atomic E-state index is 0. The van der Waals surface area contributed by atoms with Crippen molar-refractivity contribution in [3.05, 3.63) is 0 Å². The molecule has 0 aromatic rings. The molecule has 0 aromatic carbocycles. The molecule has 0 aliphatic heterocycles. The minimum atomic E-state index is 0. The van der Waals surface area contributed by atoms with Crippen LogP contribution in [0.5, 0.6) is 0 Å². The fraction of sp³-hybridized carbons (Fsp3) is 0. The smallest absolute Gasteiger partial charge is 1.00 e. The summed E-state index contributed by atoms with van der Waals surface area (Å²) in [4.78, 5) is 0. The second kappa shape index (κ2) is 40.4. The number of hydrogen-bond donors (Lipinski definition) is 0. The van der Waals surface area contributed by atoms with E-state index >= 15 is 0 Å². The van der Waals surface area contributed by atoms with Crippen LogP contribution in [0.15, 0.2) is 0 Å². The summed E-state index contributed by atoms with van der Waals surface area (Å²) in [7, 11) is 0. The van der Waals surface area contributed by atoms with E-state index in [2.05, 4.69) is 0 Å². The molecule has 5 heavy (non-hydrogen) atoms. The Kier molecular flexibility index (Phi) is 556. The fourth-order valence-corrected chi connectivity index (χ4v) is 0. The monoisotopic (exact) mass is 274 g/mol. The third kappa shape index (κ3) is 25.4. The van der Waals surface area contributed by atoms with Gasteiger partial charge in [-0.1, -0.05) is 0 Å². The first-order valence-electron chi connectivity index (χ1n) is 0. The van der Waals surface area contributed by atoms with Gasteiger partial charge in [0.05, 0.1) is 0 Å². The molecule has 0 fully saturated rings. The molecular weight excluding hydrogens is 274 g/mol. The zero-order valence-electron chi connectivity index (χ0n) is 2.22. The molecule has 0 aliphatic carbocycles. The molecule has 0 aromatic heterocycles. The van der Waals surface area contributed by atoms with Gasteiger partial charge in [-0.15, -0.1) is 0 Å². The Balaban J connectivity index is 0. The Morgan fingerprint density at radius 2 is 0.600 bits per heavy atom. The molecule has 0 nitrogen and oxygen atoms in total. The van der Waals surface area contributed by atoms with Gasteiger partial charge >= 0.3 is 65.9 Å². The third-order valence-electron chi connectivity index (χ3n) is 0. The second-order valence-corrected chi connectivity index (χ2v) is 0. The van der Waals surface area contributed by atoms with Crippen molar-refractivity contribution in [3.8, 4) is 0 Å². The third-order valence-corrected chi connectivity index (χ3v) is 0. The van der Waals surface area contributed by atoms with E-state index in [0.717, 1.165) is 0 Å². The molecule has 0 N–H and O–H groups in total. The normalized spacial score (nSPS) is 0. The van der Waals surface area contributed by atoms with Crippen molar-refractivity contribution in [2.45, 2.75) is 0 Å². The molecule has 0 saturated carbocycles. The van der Waals surface area contributed by atoms with Crippen molar-refractivity contribution >= 4 is 48.9 Å². The van der Waals surface area contributed by atoms with Crippen LogP contribution in [-0.4, -0.2) is 48.9 Å². The van der Waals surface area contributed by atoms with Crippen molar-refractivity contribution in [1.29, 1.82) is 0 Å². The number of halogens is 4. The van der Waals surface area contributed by atoms with Gasteiger partial charge in [-0.05, 0) is 0 Å². The number of rotatable bonds is 0. The molecule has 0 bridgehead atoms. The molecule has 0 aliphatic rings. The van der Waals surface area contributed by atoms with Crippen LogP contribution in [0.3, 0.4) is 0 Å². The molecule has 0 amide bonds. The quantitative estimate of drug-likeness (QED) is 0.385. The van der Waals surface area contributed by atoms with Gasteiger partial charge in [-0.3, -0.25) is 0 Å². The van der Waals surface area contributed by atoms with E-state index < -0.39 is 0 Å². The molecular formula is BaBrF3. The summed E-state index contributed by atoms with van der Waals surface area (Å²) in [6.07, 6.45) is 0. The van der Waals surface area contributed by atoms with Gasteiger partial charge in [0, 0.05) is 0 Å². The van der Waals surface area contributed by atoms with Gasteiger partial charge in [0.2, 0.25) is 0 Å². The van der Waals surface area contributed by atoms with Crippen molar-refractivity contribution in [2.75, 3.05) is 0 Å². The van der Waals surface area contributed by atoms with E-state index in [9.17, 15) is 0 Å². The summed E-state index contributed by atoms with van der Waals surface area (Å²) in [6, 6.07) is 0. The van der Waals surface area contributed by atoms with Crippen molar-refractivity contribution in [1.82, 2.24) is 0 Å². The average Bonchev–Trinajstić information content (AvgIpc) is 0. The minimum absolute atomic E-state index is 0. The summed E-state index contributed by atoms with van der Waals surface area (Å²) < 4.78 is 0.